The molecule has 7 heteroatoms. The molecule has 1 fully saturated rings. The van der Waals surface area contributed by atoms with Gasteiger partial charge >= 0.3 is 0 Å². The van der Waals surface area contributed by atoms with Crippen molar-refractivity contribution in [2.75, 3.05) is 20.6 Å². The van der Waals surface area contributed by atoms with Crippen LogP contribution in [0.5, 0.6) is 0 Å². The first-order valence-electron chi connectivity index (χ1n) is 6.88. The fourth-order valence-electron chi connectivity index (χ4n) is 2.42. The van der Waals surface area contributed by atoms with Crippen molar-refractivity contribution in [3.05, 3.63) is 17.9 Å². The van der Waals surface area contributed by atoms with Gasteiger partial charge in [-0.25, -0.2) is 13.1 Å². The summed E-state index contributed by atoms with van der Waals surface area (Å²) >= 11 is 0. The van der Waals surface area contributed by atoms with Crippen molar-refractivity contribution >= 4 is 10.0 Å². The van der Waals surface area contributed by atoms with Gasteiger partial charge in [-0.2, -0.15) is 0 Å². The first-order valence-corrected chi connectivity index (χ1v) is 8.36. The van der Waals surface area contributed by atoms with Crippen LogP contribution in [0, 0.1) is 0 Å². The summed E-state index contributed by atoms with van der Waals surface area (Å²) in [6.07, 6.45) is 2.20. The number of piperidine rings is 1. The third-order valence-corrected chi connectivity index (χ3v) is 5.23. The molecule has 1 saturated heterocycles. The monoisotopic (exact) mass is 301 g/mol. The maximum absolute atomic E-state index is 11.6. The molecule has 2 N–H and O–H groups in total. The quantitative estimate of drug-likeness (QED) is 0.840. The second kappa shape index (κ2) is 6.26. The molecule has 0 radical (unpaired) electrons. The van der Waals surface area contributed by atoms with Gasteiger partial charge in [-0.3, -0.25) is 0 Å². The number of rotatable bonds is 5. The summed E-state index contributed by atoms with van der Waals surface area (Å²) in [6, 6.07) is 4.21. The molecule has 1 aromatic heterocycles. The molecule has 1 aliphatic rings. The molecule has 6 nitrogen and oxygen atoms in total. The Morgan fingerprint density at radius 1 is 1.45 bits per heavy atom. The van der Waals surface area contributed by atoms with Crippen LogP contribution in [0.25, 0.3) is 0 Å². The van der Waals surface area contributed by atoms with E-state index in [9.17, 15) is 8.42 Å². The number of likely N-dealkylation sites (tertiary alicyclic amines) is 1. The predicted molar refractivity (Wildman–Crippen MR) is 76.9 cm³/mol. The summed E-state index contributed by atoms with van der Waals surface area (Å²) in [5.74, 6) is 0.644. The summed E-state index contributed by atoms with van der Waals surface area (Å²) < 4.78 is 30.7. The summed E-state index contributed by atoms with van der Waals surface area (Å²) in [5.41, 5.74) is 0. The van der Waals surface area contributed by atoms with Gasteiger partial charge in [0.15, 0.2) is 0 Å². The van der Waals surface area contributed by atoms with Gasteiger partial charge in [0.2, 0.25) is 5.09 Å². The zero-order valence-corrected chi connectivity index (χ0v) is 13.0. The van der Waals surface area contributed by atoms with Crippen LogP contribution in [-0.4, -0.2) is 46.0 Å². The molecule has 0 spiro atoms. The molecule has 0 bridgehead atoms. The van der Waals surface area contributed by atoms with Crippen LogP contribution in [0.4, 0.5) is 0 Å². The van der Waals surface area contributed by atoms with E-state index >= 15 is 0 Å². The van der Waals surface area contributed by atoms with E-state index in [2.05, 4.69) is 28.9 Å². The van der Waals surface area contributed by atoms with Crippen LogP contribution < -0.4 is 10.0 Å². The van der Waals surface area contributed by atoms with Crippen molar-refractivity contribution < 1.29 is 12.8 Å². The van der Waals surface area contributed by atoms with Crippen LogP contribution in [0.15, 0.2) is 21.6 Å². The first-order chi connectivity index (χ1) is 9.42. The van der Waals surface area contributed by atoms with Gasteiger partial charge in [-0.1, -0.05) is 0 Å². The third kappa shape index (κ3) is 3.60. The standard InChI is InChI=1S/C13H23N3O3S/c1-10-8-11(6-7-16(10)3)15-9-12-4-5-13(19-12)20(17,18)14-2/h4-5,10-11,14-15H,6-9H2,1-3H3. The van der Waals surface area contributed by atoms with Crippen molar-refractivity contribution in [3.63, 3.8) is 0 Å². The Morgan fingerprint density at radius 2 is 2.20 bits per heavy atom. The van der Waals surface area contributed by atoms with Crippen LogP contribution in [0.3, 0.4) is 0 Å². The van der Waals surface area contributed by atoms with Crippen molar-refractivity contribution in [1.82, 2.24) is 14.9 Å². The Hall–Kier alpha value is -0.890. The molecule has 2 unspecified atom stereocenters. The van der Waals surface area contributed by atoms with E-state index in [0.29, 0.717) is 24.4 Å². The summed E-state index contributed by atoms with van der Waals surface area (Å²) in [4.78, 5) is 2.35. The lowest BCUT2D eigenvalue weighted by Gasteiger charge is -2.35. The van der Waals surface area contributed by atoms with Crippen LogP contribution >= 0.6 is 0 Å². The number of sulfonamides is 1. The van der Waals surface area contributed by atoms with Gasteiger partial charge in [0, 0.05) is 12.1 Å². The molecule has 2 rings (SSSR count). The molecule has 1 aromatic rings. The number of hydrogen-bond donors (Lipinski definition) is 2. The molecular formula is C13H23N3O3S. The molecule has 0 aliphatic carbocycles. The third-order valence-electron chi connectivity index (χ3n) is 3.94. The average Bonchev–Trinajstić information content (AvgIpc) is 2.90. The highest BCUT2D eigenvalue weighted by Gasteiger charge is 2.23. The molecule has 2 atom stereocenters. The zero-order chi connectivity index (χ0) is 14.8. The van der Waals surface area contributed by atoms with E-state index in [0.717, 1.165) is 19.4 Å². The van der Waals surface area contributed by atoms with Crippen LogP contribution in [0.1, 0.15) is 25.5 Å². The molecule has 2 heterocycles. The van der Waals surface area contributed by atoms with Gasteiger partial charge < -0.3 is 14.6 Å². The summed E-state index contributed by atoms with van der Waals surface area (Å²) in [6.45, 7) is 3.86. The van der Waals surface area contributed by atoms with E-state index in [4.69, 9.17) is 4.42 Å². The van der Waals surface area contributed by atoms with Gasteiger partial charge in [-0.15, -0.1) is 0 Å². The Kier molecular flexibility index (Phi) is 4.85. The summed E-state index contributed by atoms with van der Waals surface area (Å²) in [7, 11) is 0.0242. The Morgan fingerprint density at radius 3 is 2.85 bits per heavy atom. The molecule has 114 valence electrons. The SMILES string of the molecule is CNS(=O)(=O)c1ccc(CNC2CCN(C)C(C)C2)o1. The van der Waals surface area contributed by atoms with Gasteiger partial charge in [0.05, 0.1) is 6.54 Å². The molecule has 20 heavy (non-hydrogen) atoms. The minimum Gasteiger partial charge on any atom is -0.447 e. The number of furan rings is 1. The fraction of sp³-hybridized carbons (Fsp3) is 0.692. The van der Waals surface area contributed by atoms with E-state index in [1.54, 1.807) is 6.07 Å². The van der Waals surface area contributed by atoms with Crippen molar-refractivity contribution in [2.24, 2.45) is 0 Å². The predicted octanol–water partition coefficient (Wildman–Crippen LogP) is 0.760. The topological polar surface area (TPSA) is 74.6 Å². The van der Waals surface area contributed by atoms with E-state index < -0.39 is 10.0 Å². The van der Waals surface area contributed by atoms with Crippen LogP contribution in [-0.2, 0) is 16.6 Å². The van der Waals surface area contributed by atoms with Crippen molar-refractivity contribution in [2.45, 2.75) is 43.5 Å². The normalized spacial score (nSPS) is 24.9. The van der Waals surface area contributed by atoms with Crippen molar-refractivity contribution in [3.8, 4) is 0 Å². The fourth-order valence-corrected chi connectivity index (χ4v) is 3.08. The number of nitrogens with zero attached hydrogens (tertiary/aromatic N) is 1. The lowest BCUT2D eigenvalue weighted by atomic mass is 9.99. The summed E-state index contributed by atoms with van der Waals surface area (Å²) in [5, 5.41) is 3.40. The smallest absolute Gasteiger partial charge is 0.273 e. The Balaban J connectivity index is 1.89. The lowest BCUT2D eigenvalue weighted by molar-refractivity contribution is 0.166. The highest BCUT2D eigenvalue weighted by Crippen LogP contribution is 2.17. The Bertz CT molecular complexity index is 541. The minimum absolute atomic E-state index is 0.0338. The molecule has 1 aliphatic heterocycles. The van der Waals surface area contributed by atoms with Crippen LogP contribution in [0.2, 0.25) is 0 Å². The average molecular weight is 301 g/mol. The highest BCUT2D eigenvalue weighted by molar-refractivity contribution is 7.89. The largest absolute Gasteiger partial charge is 0.447 e. The zero-order valence-electron chi connectivity index (χ0n) is 12.2. The minimum atomic E-state index is -3.49. The van der Waals surface area contributed by atoms with E-state index in [-0.39, 0.29) is 5.09 Å². The van der Waals surface area contributed by atoms with Gasteiger partial charge in [-0.05, 0) is 52.5 Å². The van der Waals surface area contributed by atoms with E-state index in [1.807, 2.05) is 0 Å². The molecule has 0 saturated carbocycles. The van der Waals surface area contributed by atoms with Crippen molar-refractivity contribution in [1.29, 1.82) is 0 Å². The first kappa shape index (κ1) is 15.5. The molecule has 0 amide bonds. The highest BCUT2D eigenvalue weighted by atomic mass is 32.2. The number of hydrogen-bond acceptors (Lipinski definition) is 5. The Labute approximate surface area is 120 Å². The van der Waals surface area contributed by atoms with E-state index in [1.165, 1.54) is 13.1 Å². The van der Waals surface area contributed by atoms with Gasteiger partial charge in [0.1, 0.15) is 5.76 Å². The van der Waals surface area contributed by atoms with Gasteiger partial charge in [0.25, 0.3) is 10.0 Å². The number of nitrogens with one attached hydrogen (secondary N) is 2. The lowest BCUT2D eigenvalue weighted by Crippen LogP contribution is -2.45. The maximum Gasteiger partial charge on any atom is 0.273 e. The second-order valence-electron chi connectivity index (χ2n) is 5.36. The maximum atomic E-state index is 11.6. The molecule has 0 aromatic carbocycles. The molecular weight excluding hydrogens is 278 g/mol. The second-order valence-corrected chi connectivity index (χ2v) is 7.18.